The summed E-state index contributed by atoms with van der Waals surface area (Å²) < 4.78 is 28.0. The highest BCUT2D eigenvalue weighted by atomic mass is 19.1. The average Bonchev–Trinajstić information content (AvgIpc) is 3.46. The number of fused-ring (bicyclic) bond motifs is 3. The summed E-state index contributed by atoms with van der Waals surface area (Å²) in [5.74, 6) is -1.72. The molecule has 4 aromatic carbocycles. The number of rotatable bonds is 3. The molecule has 4 aromatic rings. The molecule has 0 aliphatic carbocycles. The van der Waals surface area contributed by atoms with Crippen molar-refractivity contribution in [1.82, 2.24) is 10.2 Å². The molecule has 2 N–H and O–H groups in total. The van der Waals surface area contributed by atoms with Gasteiger partial charge in [0.15, 0.2) is 5.78 Å². The minimum absolute atomic E-state index is 0.156. The highest BCUT2D eigenvalue weighted by molar-refractivity contribution is 6.16. The number of hydrogen-bond donors (Lipinski definition) is 2. The van der Waals surface area contributed by atoms with Gasteiger partial charge in [-0.25, -0.2) is 8.78 Å². The van der Waals surface area contributed by atoms with Gasteiger partial charge in [-0.1, -0.05) is 72.8 Å². The third-order valence-electron chi connectivity index (χ3n) is 9.08. The van der Waals surface area contributed by atoms with Crippen LogP contribution in [0, 0.1) is 17.0 Å². The van der Waals surface area contributed by atoms with Crippen LogP contribution in [0.4, 0.5) is 14.5 Å². The van der Waals surface area contributed by atoms with Crippen LogP contribution in [-0.2, 0) is 15.1 Å². The van der Waals surface area contributed by atoms with Crippen LogP contribution < -0.4 is 10.6 Å². The molecule has 0 unspecified atom stereocenters. The Morgan fingerprint density at radius 3 is 2.17 bits per heavy atom. The van der Waals surface area contributed by atoms with Gasteiger partial charge in [-0.05, 0) is 60.1 Å². The molecule has 2 fully saturated rings. The van der Waals surface area contributed by atoms with E-state index < -0.39 is 22.9 Å². The molecule has 5 nitrogen and oxygen atoms in total. The SMILES string of the molecule is CN1C/C(=C\c2ccc(F)cc2)C(=O)[C@]2(C1)[C@@H](c1ccc(F)cc1)[C@H](c1ccccc1)N[C@@]21C(=O)Nc2ccccc21. The number of para-hydroxylation sites is 1. The van der Waals surface area contributed by atoms with Gasteiger partial charge in [0.1, 0.15) is 17.2 Å². The van der Waals surface area contributed by atoms with Gasteiger partial charge in [0.05, 0.1) is 5.41 Å². The Labute approximate surface area is 242 Å². The number of halogens is 2. The Hall–Kier alpha value is -4.46. The smallest absolute Gasteiger partial charge is 0.250 e. The van der Waals surface area contributed by atoms with Crippen molar-refractivity contribution in [2.75, 3.05) is 25.5 Å². The molecule has 2 spiro atoms. The van der Waals surface area contributed by atoms with Crippen LogP contribution in [0.3, 0.4) is 0 Å². The summed E-state index contributed by atoms with van der Waals surface area (Å²) >= 11 is 0. The fraction of sp³-hybridized carbons (Fsp3) is 0.200. The number of anilines is 1. The normalized spacial score (nSPS) is 28.0. The summed E-state index contributed by atoms with van der Waals surface area (Å²) in [5.41, 5.74) is 1.53. The van der Waals surface area contributed by atoms with E-state index in [4.69, 9.17) is 0 Å². The molecule has 0 radical (unpaired) electrons. The number of nitrogens with zero attached hydrogens (tertiary/aromatic N) is 1. The largest absolute Gasteiger partial charge is 0.324 e. The molecule has 7 rings (SSSR count). The van der Waals surface area contributed by atoms with Gasteiger partial charge in [-0.2, -0.15) is 0 Å². The van der Waals surface area contributed by atoms with Gasteiger partial charge in [-0.15, -0.1) is 0 Å². The molecule has 2 saturated heterocycles. The number of benzene rings is 4. The number of likely N-dealkylation sites (N-methyl/N-ethyl adjacent to an activating group) is 1. The second-order valence-corrected chi connectivity index (χ2v) is 11.5. The van der Waals surface area contributed by atoms with E-state index in [1.54, 1.807) is 30.3 Å². The predicted molar refractivity (Wildman–Crippen MR) is 158 cm³/mol. The number of carbonyl (C=O) groups excluding carboxylic acids is 2. The van der Waals surface area contributed by atoms with E-state index in [1.807, 2.05) is 61.6 Å². The first-order valence-corrected chi connectivity index (χ1v) is 14.0. The Balaban J connectivity index is 1.53. The number of carbonyl (C=O) groups is 2. The van der Waals surface area contributed by atoms with Crippen LogP contribution in [0.5, 0.6) is 0 Å². The lowest BCUT2D eigenvalue weighted by Crippen LogP contribution is -2.65. The van der Waals surface area contributed by atoms with Gasteiger partial charge >= 0.3 is 0 Å². The van der Waals surface area contributed by atoms with Crippen LogP contribution in [0.2, 0.25) is 0 Å². The zero-order valence-corrected chi connectivity index (χ0v) is 23.0. The molecule has 0 aromatic heterocycles. The Morgan fingerprint density at radius 1 is 0.810 bits per heavy atom. The van der Waals surface area contributed by atoms with Crippen LogP contribution in [-0.4, -0.2) is 36.7 Å². The topological polar surface area (TPSA) is 61.4 Å². The molecule has 42 heavy (non-hydrogen) atoms. The van der Waals surface area contributed by atoms with E-state index in [0.29, 0.717) is 28.9 Å². The van der Waals surface area contributed by atoms with Crippen molar-refractivity contribution in [1.29, 1.82) is 0 Å². The summed E-state index contributed by atoms with van der Waals surface area (Å²) in [6, 6.07) is 29.1. The zero-order chi connectivity index (χ0) is 29.1. The highest BCUT2D eigenvalue weighted by Gasteiger charge is 2.74. The molecule has 1 amide bonds. The lowest BCUT2D eigenvalue weighted by atomic mass is 9.55. The van der Waals surface area contributed by atoms with E-state index in [0.717, 1.165) is 11.1 Å². The lowest BCUT2D eigenvalue weighted by molar-refractivity contribution is -0.141. The molecule has 3 heterocycles. The molecular formula is C35H29F2N3O2. The molecule has 210 valence electrons. The van der Waals surface area contributed by atoms with E-state index in [1.165, 1.54) is 24.3 Å². The van der Waals surface area contributed by atoms with Crippen molar-refractivity contribution in [3.63, 3.8) is 0 Å². The predicted octanol–water partition coefficient (Wildman–Crippen LogP) is 5.83. The summed E-state index contributed by atoms with van der Waals surface area (Å²) in [6.07, 6.45) is 1.79. The Bertz CT molecular complexity index is 1720. The summed E-state index contributed by atoms with van der Waals surface area (Å²) in [6.45, 7) is 0.649. The molecule has 3 aliphatic rings. The van der Waals surface area contributed by atoms with Crippen LogP contribution in [0.15, 0.2) is 109 Å². The summed E-state index contributed by atoms with van der Waals surface area (Å²) in [5, 5.41) is 6.79. The second-order valence-electron chi connectivity index (χ2n) is 11.5. The molecular weight excluding hydrogens is 532 g/mol. The van der Waals surface area contributed by atoms with Crippen molar-refractivity contribution in [3.05, 3.63) is 143 Å². The third kappa shape index (κ3) is 3.81. The Morgan fingerprint density at radius 2 is 1.45 bits per heavy atom. The standard InChI is InChI=1S/C35H29F2N3O2/c1-40-20-25(19-22-11-15-26(36)16-12-22)32(41)34(21-40)30(23-13-17-27(37)18-14-23)31(24-7-3-2-4-8-24)39-35(34)28-9-5-6-10-29(28)38-33(35)42/h2-19,30-31,39H,20-21H2,1H3,(H,38,42)/b25-19+/t30-,31-,34-,35-/m0/s1. The van der Waals surface area contributed by atoms with Gasteiger partial charge in [0.2, 0.25) is 0 Å². The van der Waals surface area contributed by atoms with Crippen molar-refractivity contribution >= 4 is 23.5 Å². The lowest BCUT2D eigenvalue weighted by Gasteiger charge is -2.49. The second kappa shape index (κ2) is 9.82. The highest BCUT2D eigenvalue weighted by Crippen LogP contribution is 2.65. The number of hydrogen-bond acceptors (Lipinski definition) is 4. The fourth-order valence-corrected chi connectivity index (χ4v) is 7.49. The number of Topliss-reactive ketones (excluding diaryl/α,β-unsaturated/α-hetero) is 1. The molecule has 0 saturated carbocycles. The van der Waals surface area contributed by atoms with Gasteiger partial charge in [-0.3, -0.25) is 14.9 Å². The van der Waals surface area contributed by atoms with Crippen molar-refractivity contribution in [2.45, 2.75) is 17.5 Å². The maximum atomic E-state index is 15.2. The van der Waals surface area contributed by atoms with Crippen molar-refractivity contribution in [2.24, 2.45) is 5.41 Å². The van der Waals surface area contributed by atoms with Crippen LogP contribution in [0.25, 0.3) is 6.08 Å². The maximum Gasteiger partial charge on any atom is 0.250 e. The van der Waals surface area contributed by atoms with Gasteiger partial charge < -0.3 is 10.2 Å². The van der Waals surface area contributed by atoms with Crippen molar-refractivity contribution < 1.29 is 18.4 Å². The quantitative estimate of drug-likeness (QED) is 0.309. The molecule has 0 bridgehead atoms. The van der Waals surface area contributed by atoms with E-state index in [2.05, 4.69) is 15.5 Å². The molecule has 3 aliphatic heterocycles. The van der Waals surface area contributed by atoms with E-state index in [-0.39, 0.29) is 29.9 Å². The first-order chi connectivity index (χ1) is 20.3. The Kier molecular flexibility index (Phi) is 6.18. The summed E-state index contributed by atoms with van der Waals surface area (Å²) in [7, 11) is 1.94. The van der Waals surface area contributed by atoms with Gasteiger partial charge in [0, 0.05) is 41.9 Å². The number of ketones is 1. The fourth-order valence-electron chi connectivity index (χ4n) is 7.49. The number of likely N-dealkylation sites (tertiary alicyclic amines) is 1. The third-order valence-corrected chi connectivity index (χ3v) is 9.08. The van der Waals surface area contributed by atoms with Crippen molar-refractivity contribution in [3.8, 4) is 0 Å². The summed E-state index contributed by atoms with van der Waals surface area (Å²) in [4.78, 5) is 31.7. The first-order valence-electron chi connectivity index (χ1n) is 14.0. The maximum absolute atomic E-state index is 15.2. The number of nitrogens with one attached hydrogen (secondary N) is 2. The monoisotopic (exact) mass is 561 g/mol. The first kappa shape index (κ1) is 26.4. The molecule has 7 heteroatoms. The molecule has 4 atom stereocenters. The number of piperidine rings is 1. The average molecular weight is 562 g/mol. The van der Waals surface area contributed by atoms with E-state index >= 15 is 4.79 Å². The minimum atomic E-state index is -1.42. The number of amides is 1. The zero-order valence-electron chi connectivity index (χ0n) is 23.0. The minimum Gasteiger partial charge on any atom is -0.324 e. The van der Waals surface area contributed by atoms with Crippen LogP contribution >= 0.6 is 0 Å². The van der Waals surface area contributed by atoms with E-state index in [9.17, 15) is 13.6 Å². The van der Waals surface area contributed by atoms with Crippen LogP contribution in [0.1, 0.15) is 34.2 Å². The van der Waals surface area contributed by atoms with Gasteiger partial charge in [0.25, 0.3) is 5.91 Å².